The Morgan fingerprint density at radius 2 is 1.96 bits per heavy atom. The van der Waals surface area contributed by atoms with E-state index in [0.29, 0.717) is 25.9 Å². The molecule has 1 rings (SSSR count). The summed E-state index contributed by atoms with van der Waals surface area (Å²) in [5, 5.41) is 31.2. The Kier molecular flexibility index (Phi) is 9.84. The normalized spacial score (nSPS) is 19.7. The van der Waals surface area contributed by atoms with Crippen LogP contribution in [0.1, 0.15) is 64.7 Å². The number of aliphatic carboxylic acids is 2. The van der Waals surface area contributed by atoms with E-state index in [1.807, 2.05) is 6.92 Å². The van der Waals surface area contributed by atoms with Crippen LogP contribution in [-0.4, -0.2) is 45.7 Å². The fourth-order valence-corrected chi connectivity index (χ4v) is 2.76. The maximum atomic E-state index is 10.6. The van der Waals surface area contributed by atoms with Crippen molar-refractivity contribution < 1.29 is 29.7 Å². The van der Waals surface area contributed by atoms with Crippen LogP contribution in [0.3, 0.4) is 0 Å². The highest BCUT2D eigenvalue weighted by Gasteiger charge is 2.20. The lowest BCUT2D eigenvalue weighted by Gasteiger charge is -2.08. The van der Waals surface area contributed by atoms with Gasteiger partial charge in [-0.25, -0.2) is 0 Å². The number of hydrogen-bond donors (Lipinski definition) is 3. The second kappa shape index (κ2) is 11.6. The minimum Gasteiger partial charge on any atom is -0.481 e. The number of rotatable bonds is 13. The number of aliphatic hydroxyl groups excluding tert-OH is 1. The molecule has 7 nitrogen and oxygen atoms in total. The topological polar surface area (TPSA) is 116 Å². The molecular formula is C18H29NO6. The number of carboxylic acids is 2. The van der Waals surface area contributed by atoms with Gasteiger partial charge in [0.1, 0.15) is 6.61 Å². The summed E-state index contributed by atoms with van der Waals surface area (Å²) in [6.07, 6.45) is 6.89. The highest BCUT2D eigenvalue weighted by Crippen LogP contribution is 2.22. The predicted molar refractivity (Wildman–Crippen MR) is 93.5 cm³/mol. The molecule has 0 aromatic rings. The summed E-state index contributed by atoms with van der Waals surface area (Å²) in [5.41, 5.74) is 1.74. The number of unbranched alkanes of at least 4 members (excludes halogenated alkanes) is 3. The van der Waals surface area contributed by atoms with Crippen LogP contribution in [0.25, 0.3) is 0 Å². The van der Waals surface area contributed by atoms with Gasteiger partial charge in [0.25, 0.3) is 0 Å². The number of nitrogens with zero attached hydrogens (tertiary/aromatic N) is 1. The first-order chi connectivity index (χ1) is 11.9. The second-order valence-corrected chi connectivity index (χ2v) is 6.63. The van der Waals surface area contributed by atoms with Gasteiger partial charge < -0.3 is 20.2 Å². The average Bonchev–Trinajstić information content (AvgIpc) is 2.86. The molecule has 3 N–H and O–H groups in total. The molecule has 1 aliphatic rings. The fourth-order valence-electron chi connectivity index (χ4n) is 2.76. The third-order valence-corrected chi connectivity index (χ3v) is 4.15. The van der Waals surface area contributed by atoms with E-state index < -0.39 is 18.0 Å². The molecule has 0 saturated carbocycles. The quantitative estimate of drug-likeness (QED) is 0.345. The van der Waals surface area contributed by atoms with Crippen molar-refractivity contribution in [1.29, 1.82) is 0 Å². The first-order valence-electron chi connectivity index (χ1n) is 8.90. The van der Waals surface area contributed by atoms with Crippen molar-refractivity contribution in [3.05, 3.63) is 11.6 Å². The van der Waals surface area contributed by atoms with E-state index in [-0.39, 0.29) is 18.8 Å². The van der Waals surface area contributed by atoms with Crippen molar-refractivity contribution >= 4 is 17.7 Å². The van der Waals surface area contributed by atoms with E-state index in [1.165, 1.54) is 0 Å². The minimum atomic E-state index is -0.814. The number of allylic oxidation sites excluding steroid dienone is 1. The molecule has 0 fully saturated rings. The number of oxime groups is 1. The molecule has 0 aliphatic heterocycles. The Morgan fingerprint density at radius 3 is 2.64 bits per heavy atom. The van der Waals surface area contributed by atoms with Gasteiger partial charge in [-0.3, -0.25) is 9.59 Å². The molecule has 0 spiro atoms. The molecule has 7 heteroatoms. The predicted octanol–water partition coefficient (Wildman–Crippen LogP) is 2.98. The van der Waals surface area contributed by atoms with Crippen LogP contribution in [-0.2, 0) is 14.4 Å². The van der Waals surface area contributed by atoms with Crippen LogP contribution < -0.4 is 0 Å². The Hall–Kier alpha value is -1.89. The summed E-state index contributed by atoms with van der Waals surface area (Å²) in [5.74, 6) is -1.54. The molecule has 0 saturated heterocycles. The summed E-state index contributed by atoms with van der Waals surface area (Å²) in [6, 6.07) is 0. The third-order valence-electron chi connectivity index (χ3n) is 4.15. The van der Waals surface area contributed by atoms with E-state index in [2.05, 4.69) is 5.16 Å². The van der Waals surface area contributed by atoms with E-state index in [1.54, 1.807) is 6.08 Å². The summed E-state index contributed by atoms with van der Waals surface area (Å²) in [7, 11) is 0. The zero-order valence-corrected chi connectivity index (χ0v) is 14.8. The summed E-state index contributed by atoms with van der Waals surface area (Å²) < 4.78 is 0. The van der Waals surface area contributed by atoms with E-state index >= 15 is 0 Å². The van der Waals surface area contributed by atoms with Gasteiger partial charge in [0.05, 0.1) is 11.8 Å². The maximum Gasteiger partial charge on any atom is 0.303 e. The van der Waals surface area contributed by atoms with Crippen molar-refractivity contribution in [1.82, 2.24) is 0 Å². The monoisotopic (exact) mass is 355 g/mol. The zero-order valence-electron chi connectivity index (χ0n) is 14.8. The number of carbonyl (C=O) groups is 2. The number of carboxylic acid groups (broad SMARTS) is 2. The third kappa shape index (κ3) is 9.86. The Balaban J connectivity index is 2.27. The Labute approximate surface area is 148 Å². The largest absolute Gasteiger partial charge is 0.481 e. The van der Waals surface area contributed by atoms with E-state index in [0.717, 1.165) is 37.0 Å². The first-order valence-corrected chi connectivity index (χ1v) is 8.90. The van der Waals surface area contributed by atoms with Crippen LogP contribution in [0.2, 0.25) is 0 Å². The smallest absolute Gasteiger partial charge is 0.303 e. The molecule has 0 aromatic heterocycles. The van der Waals surface area contributed by atoms with Crippen LogP contribution in [0.15, 0.2) is 16.8 Å². The Bertz CT molecular complexity index is 500. The standard InChI is InChI=1S/C18H29NO6/c1-13(10-18(23)24)8-9-25-19-16-12-15(20)11-14(16)6-4-2-3-5-7-17(21)22/h11,13,15,20H,2-10,12H2,1H3,(H,21,22)(H,23,24). The Morgan fingerprint density at radius 1 is 1.24 bits per heavy atom. The number of hydrogen-bond acceptors (Lipinski definition) is 5. The van der Waals surface area contributed by atoms with Gasteiger partial charge in [-0.15, -0.1) is 0 Å². The molecule has 1 aliphatic carbocycles. The lowest BCUT2D eigenvalue weighted by atomic mass is 10.0. The van der Waals surface area contributed by atoms with Crippen molar-refractivity contribution in [2.45, 2.75) is 70.8 Å². The molecule has 0 heterocycles. The molecule has 142 valence electrons. The molecule has 2 atom stereocenters. The minimum absolute atomic E-state index is 0.0349. The highest BCUT2D eigenvalue weighted by molar-refractivity contribution is 6.02. The van der Waals surface area contributed by atoms with Gasteiger partial charge in [-0.05, 0) is 37.2 Å². The SMILES string of the molecule is CC(CCON=C1CC(O)C=C1CCCCCCC(=O)O)CC(=O)O. The van der Waals surface area contributed by atoms with Crippen LogP contribution in [0.5, 0.6) is 0 Å². The lowest BCUT2D eigenvalue weighted by molar-refractivity contribution is -0.138. The molecule has 0 amide bonds. The summed E-state index contributed by atoms with van der Waals surface area (Å²) in [6.45, 7) is 2.22. The lowest BCUT2D eigenvalue weighted by Crippen LogP contribution is -2.08. The van der Waals surface area contributed by atoms with E-state index in [9.17, 15) is 14.7 Å². The van der Waals surface area contributed by atoms with Crippen LogP contribution in [0, 0.1) is 5.92 Å². The van der Waals surface area contributed by atoms with Gasteiger partial charge in [0.15, 0.2) is 0 Å². The molecule has 0 aromatic carbocycles. The van der Waals surface area contributed by atoms with Crippen molar-refractivity contribution in [3.8, 4) is 0 Å². The van der Waals surface area contributed by atoms with Gasteiger partial charge in [0.2, 0.25) is 0 Å². The van der Waals surface area contributed by atoms with E-state index in [4.69, 9.17) is 15.1 Å². The second-order valence-electron chi connectivity index (χ2n) is 6.63. The number of aliphatic hydroxyl groups is 1. The zero-order chi connectivity index (χ0) is 18.7. The van der Waals surface area contributed by atoms with Crippen LogP contribution in [0.4, 0.5) is 0 Å². The van der Waals surface area contributed by atoms with Gasteiger partial charge in [0, 0.05) is 19.3 Å². The summed E-state index contributed by atoms with van der Waals surface area (Å²) >= 11 is 0. The van der Waals surface area contributed by atoms with Crippen molar-refractivity contribution in [3.63, 3.8) is 0 Å². The maximum absolute atomic E-state index is 10.6. The molecular weight excluding hydrogens is 326 g/mol. The molecule has 2 unspecified atom stereocenters. The summed E-state index contributed by atoms with van der Waals surface area (Å²) in [4.78, 5) is 26.3. The molecule has 25 heavy (non-hydrogen) atoms. The van der Waals surface area contributed by atoms with Gasteiger partial charge >= 0.3 is 11.9 Å². The van der Waals surface area contributed by atoms with Gasteiger partial charge in [-0.1, -0.05) is 31.0 Å². The molecule has 0 radical (unpaired) electrons. The van der Waals surface area contributed by atoms with Gasteiger partial charge in [-0.2, -0.15) is 0 Å². The highest BCUT2D eigenvalue weighted by atomic mass is 16.6. The van der Waals surface area contributed by atoms with Crippen LogP contribution >= 0.6 is 0 Å². The van der Waals surface area contributed by atoms with Crippen molar-refractivity contribution in [2.75, 3.05) is 6.61 Å². The first kappa shape index (κ1) is 21.2. The fraction of sp³-hybridized carbons (Fsp3) is 0.722. The average molecular weight is 355 g/mol. The molecule has 0 bridgehead atoms. The van der Waals surface area contributed by atoms with Crippen molar-refractivity contribution in [2.24, 2.45) is 11.1 Å².